The van der Waals surface area contributed by atoms with Gasteiger partial charge in [-0.05, 0) is 60.1 Å². The van der Waals surface area contributed by atoms with E-state index in [0.29, 0.717) is 16.7 Å². The second-order valence-corrected chi connectivity index (χ2v) is 14.1. The highest BCUT2D eigenvalue weighted by molar-refractivity contribution is 6.06. The average molecular weight is 816 g/mol. The Kier molecular flexibility index (Phi) is 17.8. The number of nitrogens with zero attached hydrogens (tertiary/aromatic N) is 3. The zero-order chi connectivity index (χ0) is 43.6. The first-order valence-corrected chi connectivity index (χ1v) is 18.8. The topological polar surface area (TPSA) is 275 Å². The molecule has 314 valence electrons. The summed E-state index contributed by atoms with van der Waals surface area (Å²) in [6, 6.07) is 13.5. The highest BCUT2D eigenvalue weighted by atomic mass is 19.1. The largest absolute Gasteiger partial charge is 0.370 e. The van der Waals surface area contributed by atoms with Crippen molar-refractivity contribution in [1.29, 1.82) is 0 Å². The Balaban J connectivity index is 2.01. The van der Waals surface area contributed by atoms with Gasteiger partial charge in [-0.25, -0.2) is 4.39 Å². The molecule has 3 aromatic rings. The number of non-ortho nitro benzene ring substituents is 1. The summed E-state index contributed by atoms with van der Waals surface area (Å²) in [6.07, 6.45) is 2.51. The van der Waals surface area contributed by atoms with Crippen molar-refractivity contribution in [2.24, 2.45) is 28.1 Å². The predicted molar refractivity (Wildman–Crippen MR) is 218 cm³/mol. The van der Waals surface area contributed by atoms with Gasteiger partial charge in [0, 0.05) is 44.5 Å². The molecule has 9 N–H and O–H groups in total. The van der Waals surface area contributed by atoms with Crippen molar-refractivity contribution in [3.8, 4) is 0 Å². The molecule has 0 aliphatic rings. The maximum atomic E-state index is 14.4. The number of nitro groups is 1. The number of benzene rings is 3. The van der Waals surface area contributed by atoms with E-state index in [1.807, 2.05) is 0 Å². The van der Waals surface area contributed by atoms with Crippen LogP contribution in [0.1, 0.15) is 56.7 Å². The van der Waals surface area contributed by atoms with Crippen molar-refractivity contribution < 1.29 is 38.1 Å². The summed E-state index contributed by atoms with van der Waals surface area (Å²) < 4.78 is 13.9. The molecule has 0 fully saturated rings. The quantitative estimate of drug-likeness (QED) is 0.0227. The van der Waals surface area contributed by atoms with Crippen LogP contribution in [-0.2, 0) is 41.6 Å². The molecule has 4 atom stereocenters. The Morgan fingerprint density at radius 1 is 0.797 bits per heavy atom. The molecule has 3 aromatic carbocycles. The highest BCUT2D eigenvalue weighted by Gasteiger charge is 2.36. The van der Waals surface area contributed by atoms with Gasteiger partial charge in [0.15, 0.2) is 5.96 Å². The monoisotopic (exact) mass is 815 g/mol. The number of carbonyl (C=O) groups is 6. The van der Waals surface area contributed by atoms with E-state index in [0.717, 1.165) is 30.0 Å². The van der Waals surface area contributed by atoms with Crippen molar-refractivity contribution in [1.82, 2.24) is 20.9 Å². The number of aliphatic imine (C=N–C) groups is 1. The van der Waals surface area contributed by atoms with Crippen LogP contribution in [-0.4, -0.2) is 81.9 Å². The molecule has 3 rings (SSSR count). The summed E-state index contributed by atoms with van der Waals surface area (Å²) in [4.78, 5) is 96.7. The molecular formula is C41H50FN9O8. The Hall–Kier alpha value is -6.98. The first-order chi connectivity index (χ1) is 27.9. The number of rotatable bonds is 21. The SMILES string of the molecule is CC(=O)N(C(=O)/C=C/c1ccccc1)[C@@H](Cc1ccc(F)cc1)C(=O)N[C@@H](Cc1ccc([N+](=O)[O-])cc1)C(=O)N[C@@H](CC(C)C)C(=O)N[C@@H](CCCN=C(N)N)C(N)=O. The van der Waals surface area contributed by atoms with Crippen LogP contribution in [0.2, 0.25) is 0 Å². The van der Waals surface area contributed by atoms with E-state index in [1.54, 1.807) is 44.2 Å². The van der Waals surface area contributed by atoms with Crippen molar-refractivity contribution in [2.45, 2.75) is 77.0 Å². The lowest BCUT2D eigenvalue weighted by atomic mass is 9.99. The number of guanidine groups is 1. The van der Waals surface area contributed by atoms with E-state index in [1.165, 1.54) is 42.5 Å². The smallest absolute Gasteiger partial charge is 0.269 e. The number of halogens is 1. The van der Waals surface area contributed by atoms with Gasteiger partial charge in [0.25, 0.3) is 11.6 Å². The predicted octanol–water partition coefficient (Wildman–Crippen LogP) is 2.02. The summed E-state index contributed by atoms with van der Waals surface area (Å²) in [6.45, 7) is 4.85. The molecule has 0 saturated carbocycles. The van der Waals surface area contributed by atoms with E-state index in [9.17, 15) is 43.3 Å². The summed E-state index contributed by atoms with van der Waals surface area (Å²) in [5, 5.41) is 19.2. The van der Waals surface area contributed by atoms with Gasteiger partial charge in [0.05, 0.1) is 4.92 Å². The summed E-state index contributed by atoms with van der Waals surface area (Å²) in [7, 11) is 0. The normalized spacial score (nSPS) is 13.0. The summed E-state index contributed by atoms with van der Waals surface area (Å²) in [5.74, 6) is -5.93. The number of amides is 6. The molecule has 17 nitrogen and oxygen atoms in total. The van der Waals surface area contributed by atoms with E-state index in [-0.39, 0.29) is 56.2 Å². The molecule has 0 heterocycles. The number of nitrogens with one attached hydrogen (secondary N) is 3. The minimum Gasteiger partial charge on any atom is -0.370 e. The van der Waals surface area contributed by atoms with Crippen molar-refractivity contribution in [2.75, 3.05) is 6.54 Å². The molecule has 0 bridgehead atoms. The summed E-state index contributed by atoms with van der Waals surface area (Å²) in [5.41, 5.74) is 17.4. The van der Waals surface area contributed by atoms with Crippen LogP contribution in [0.15, 0.2) is 89.9 Å². The standard InChI is InChI=1S/C41H50FN9O8/c1-25(2)22-33(38(55)47-32(37(43)54)10-7-21-46-41(44)45)48-39(56)34(23-28-13-18-31(19-14-28)51(58)59)49-40(57)35(24-29-11-16-30(42)17-12-29)50(26(3)52)36(53)20-15-27-8-5-4-6-9-27/h4-6,8-9,11-20,25,32-35H,7,10,21-24H2,1-3H3,(H2,43,54)(H,47,55)(H,48,56)(H,49,57)(H4,44,45,46)/b20-15+/t32-,33-,34-,35-/m0/s1. The van der Waals surface area contributed by atoms with E-state index >= 15 is 0 Å². The lowest BCUT2D eigenvalue weighted by Crippen LogP contribution is -2.59. The van der Waals surface area contributed by atoms with Gasteiger partial charge >= 0.3 is 0 Å². The number of imide groups is 1. The first-order valence-electron chi connectivity index (χ1n) is 18.8. The maximum absolute atomic E-state index is 14.4. The van der Waals surface area contributed by atoms with Crippen molar-refractivity contribution in [3.63, 3.8) is 0 Å². The van der Waals surface area contributed by atoms with Gasteiger partial charge < -0.3 is 33.2 Å². The van der Waals surface area contributed by atoms with Gasteiger partial charge in [-0.1, -0.05) is 68.4 Å². The second-order valence-electron chi connectivity index (χ2n) is 14.1. The minimum atomic E-state index is -1.57. The first kappa shape index (κ1) is 46.4. The Morgan fingerprint density at radius 3 is 1.92 bits per heavy atom. The Bertz CT molecular complexity index is 2000. The number of nitrogens with two attached hydrogens (primary N) is 3. The molecule has 18 heteroatoms. The molecule has 6 amide bonds. The zero-order valence-electron chi connectivity index (χ0n) is 33.0. The van der Waals surface area contributed by atoms with Crippen LogP contribution in [0, 0.1) is 21.8 Å². The Labute approximate surface area is 340 Å². The molecule has 0 aromatic heterocycles. The third-order valence-electron chi connectivity index (χ3n) is 8.92. The van der Waals surface area contributed by atoms with Gasteiger partial charge in [0.1, 0.15) is 30.0 Å². The number of hydrogen-bond donors (Lipinski definition) is 6. The minimum absolute atomic E-state index is 0.0837. The van der Waals surface area contributed by atoms with Crippen molar-refractivity contribution in [3.05, 3.63) is 118 Å². The molecule has 0 spiro atoms. The maximum Gasteiger partial charge on any atom is 0.269 e. The zero-order valence-corrected chi connectivity index (χ0v) is 33.0. The van der Waals surface area contributed by atoms with Crippen LogP contribution < -0.4 is 33.2 Å². The fraction of sp³-hybridized carbons (Fsp3) is 0.341. The third kappa shape index (κ3) is 15.5. The number of nitro benzene ring substituents is 1. The van der Waals surface area contributed by atoms with Crippen LogP contribution in [0.5, 0.6) is 0 Å². The fourth-order valence-electron chi connectivity index (χ4n) is 5.99. The van der Waals surface area contributed by atoms with E-state index < -0.39 is 70.4 Å². The number of primary amides is 1. The van der Waals surface area contributed by atoms with Crippen LogP contribution in [0.4, 0.5) is 10.1 Å². The highest BCUT2D eigenvalue weighted by Crippen LogP contribution is 2.17. The van der Waals surface area contributed by atoms with Crippen molar-refractivity contribution >= 4 is 53.2 Å². The molecule has 59 heavy (non-hydrogen) atoms. The lowest BCUT2D eigenvalue weighted by molar-refractivity contribution is -0.384. The average Bonchev–Trinajstić information content (AvgIpc) is 3.18. The van der Waals surface area contributed by atoms with E-state index in [4.69, 9.17) is 17.2 Å². The number of hydrogen-bond acceptors (Lipinski definition) is 9. The molecule has 0 unspecified atom stereocenters. The Morgan fingerprint density at radius 2 is 1.36 bits per heavy atom. The molecule has 0 saturated heterocycles. The molecule has 0 radical (unpaired) electrons. The lowest BCUT2D eigenvalue weighted by Gasteiger charge is -2.30. The van der Waals surface area contributed by atoms with Gasteiger partial charge in [-0.2, -0.15) is 0 Å². The molecule has 0 aliphatic carbocycles. The van der Waals surface area contributed by atoms with Gasteiger partial charge in [-0.15, -0.1) is 0 Å². The second kappa shape index (κ2) is 22.7. The number of carbonyl (C=O) groups excluding carboxylic acids is 6. The molecular weight excluding hydrogens is 766 g/mol. The van der Waals surface area contributed by atoms with Crippen LogP contribution >= 0.6 is 0 Å². The van der Waals surface area contributed by atoms with Crippen LogP contribution in [0.3, 0.4) is 0 Å². The van der Waals surface area contributed by atoms with Gasteiger partial charge in [0.2, 0.25) is 29.5 Å². The fourth-order valence-corrected chi connectivity index (χ4v) is 5.99. The van der Waals surface area contributed by atoms with E-state index in [2.05, 4.69) is 20.9 Å². The summed E-state index contributed by atoms with van der Waals surface area (Å²) >= 11 is 0. The third-order valence-corrected chi connectivity index (χ3v) is 8.92. The van der Waals surface area contributed by atoms with Crippen LogP contribution in [0.25, 0.3) is 6.08 Å². The van der Waals surface area contributed by atoms with Gasteiger partial charge in [-0.3, -0.25) is 48.8 Å². The molecule has 0 aliphatic heterocycles.